The molecule has 0 fully saturated rings. The molecule has 1 rings (SSSR count). The van der Waals surface area contributed by atoms with E-state index >= 15 is 0 Å². The zero-order valence-electron chi connectivity index (χ0n) is 9.01. The molecular weight excluding hydrogens is 311 g/mol. The maximum Gasteiger partial charge on any atom is 0.415 e. The molecule has 19 heavy (non-hydrogen) atoms. The molecule has 0 spiro atoms. The fourth-order valence-corrected chi connectivity index (χ4v) is 3.18. The van der Waals surface area contributed by atoms with Gasteiger partial charge in [0.1, 0.15) is 4.21 Å². The number of rotatable bonds is 5. The van der Waals surface area contributed by atoms with Gasteiger partial charge in [-0.25, -0.2) is 17.9 Å². The summed E-state index contributed by atoms with van der Waals surface area (Å²) in [6.45, 7) is -1.24. The molecule has 1 atom stereocenters. The highest BCUT2D eigenvalue weighted by atomic mass is 32.2. The molecule has 108 valence electrons. The van der Waals surface area contributed by atoms with Crippen molar-refractivity contribution in [3.63, 3.8) is 0 Å². The maximum atomic E-state index is 12.0. The van der Waals surface area contributed by atoms with E-state index < -0.39 is 39.0 Å². The molecule has 0 aliphatic carbocycles. The van der Waals surface area contributed by atoms with Crippen LogP contribution >= 0.6 is 11.3 Å². The lowest BCUT2D eigenvalue weighted by Crippen LogP contribution is -2.40. The first-order valence-corrected chi connectivity index (χ1v) is 6.96. The molecular formula is C8H8F3NO5S2. The molecule has 0 aliphatic heterocycles. The second-order valence-electron chi connectivity index (χ2n) is 3.37. The number of aliphatic hydroxyl groups is 1. The van der Waals surface area contributed by atoms with Gasteiger partial charge < -0.3 is 10.2 Å². The lowest BCUT2D eigenvalue weighted by molar-refractivity contribution is -0.200. The third-order valence-electron chi connectivity index (χ3n) is 1.93. The van der Waals surface area contributed by atoms with Crippen molar-refractivity contribution in [3.8, 4) is 0 Å². The Labute approximate surface area is 109 Å². The van der Waals surface area contributed by atoms with Crippen LogP contribution in [0, 0.1) is 0 Å². The van der Waals surface area contributed by atoms with E-state index in [-0.39, 0.29) is 5.56 Å². The number of sulfonamides is 1. The average molecular weight is 319 g/mol. The number of alkyl halides is 3. The van der Waals surface area contributed by atoms with Gasteiger partial charge >= 0.3 is 12.1 Å². The monoisotopic (exact) mass is 319 g/mol. The largest absolute Gasteiger partial charge is 0.478 e. The van der Waals surface area contributed by atoms with E-state index in [1.165, 1.54) is 0 Å². The van der Waals surface area contributed by atoms with E-state index in [1.54, 1.807) is 4.72 Å². The number of carbonyl (C=O) groups is 1. The molecule has 0 amide bonds. The van der Waals surface area contributed by atoms with Gasteiger partial charge in [-0.1, -0.05) is 0 Å². The molecule has 3 N–H and O–H groups in total. The molecule has 0 aliphatic rings. The molecule has 0 radical (unpaired) electrons. The summed E-state index contributed by atoms with van der Waals surface area (Å²) in [5.41, 5.74) is -0.290. The number of aromatic carboxylic acids is 1. The highest BCUT2D eigenvalue weighted by Crippen LogP contribution is 2.22. The van der Waals surface area contributed by atoms with Gasteiger partial charge in [-0.2, -0.15) is 13.2 Å². The van der Waals surface area contributed by atoms with Gasteiger partial charge in [-0.05, 0) is 6.07 Å². The van der Waals surface area contributed by atoms with Crippen molar-refractivity contribution < 1.29 is 36.6 Å². The second kappa shape index (κ2) is 5.45. The highest BCUT2D eigenvalue weighted by Gasteiger charge is 2.38. The Morgan fingerprint density at radius 3 is 2.47 bits per heavy atom. The number of carboxylic acids is 1. The summed E-state index contributed by atoms with van der Waals surface area (Å²) in [5, 5.41) is 18.3. The SMILES string of the molecule is O=C(O)c1csc(S(=O)(=O)NCC(O)C(F)(F)F)c1. The van der Waals surface area contributed by atoms with Crippen molar-refractivity contribution >= 4 is 27.3 Å². The minimum atomic E-state index is -4.94. The number of nitrogens with one attached hydrogen (secondary N) is 1. The quantitative estimate of drug-likeness (QED) is 0.739. The third kappa shape index (κ3) is 4.16. The standard InChI is InChI=1S/C8H8F3NO5S2/c9-8(10,11)5(13)2-12-19(16,17)6-1-4(3-18-6)7(14)15/h1,3,5,12-13H,2H2,(H,14,15). The minimum Gasteiger partial charge on any atom is -0.478 e. The van der Waals surface area contributed by atoms with Gasteiger partial charge in [-0.15, -0.1) is 11.3 Å². The van der Waals surface area contributed by atoms with Crippen molar-refractivity contribution in [2.45, 2.75) is 16.5 Å². The summed E-state index contributed by atoms with van der Waals surface area (Å²) >= 11 is 0.550. The first kappa shape index (κ1) is 15.9. The summed E-state index contributed by atoms with van der Waals surface area (Å²) in [6, 6.07) is 0.815. The Morgan fingerprint density at radius 1 is 1.47 bits per heavy atom. The predicted octanol–water partition coefficient (Wildman–Crippen LogP) is 0.648. The van der Waals surface area contributed by atoms with Crippen LogP contribution in [0.5, 0.6) is 0 Å². The summed E-state index contributed by atoms with van der Waals surface area (Å²) in [6.07, 6.45) is -7.77. The van der Waals surface area contributed by atoms with Crippen molar-refractivity contribution in [2.75, 3.05) is 6.54 Å². The van der Waals surface area contributed by atoms with Crippen LogP contribution in [0.3, 0.4) is 0 Å². The molecule has 6 nitrogen and oxygen atoms in total. The van der Waals surface area contributed by atoms with Gasteiger partial charge in [0.25, 0.3) is 0 Å². The molecule has 1 heterocycles. The maximum absolute atomic E-state index is 12.0. The van der Waals surface area contributed by atoms with Gasteiger partial charge in [0, 0.05) is 11.9 Å². The normalized spacial score (nSPS) is 14.3. The van der Waals surface area contributed by atoms with Crippen LogP contribution < -0.4 is 4.72 Å². The van der Waals surface area contributed by atoms with Crippen LogP contribution in [0.25, 0.3) is 0 Å². The summed E-state index contributed by atoms with van der Waals surface area (Å²) in [4.78, 5) is 10.5. The zero-order chi connectivity index (χ0) is 14.8. The number of hydrogen-bond donors (Lipinski definition) is 3. The fourth-order valence-electron chi connectivity index (χ4n) is 0.945. The minimum absolute atomic E-state index is 0.290. The van der Waals surface area contributed by atoms with Crippen molar-refractivity contribution in [1.82, 2.24) is 4.72 Å². The van der Waals surface area contributed by atoms with Crippen molar-refractivity contribution in [3.05, 3.63) is 17.0 Å². The van der Waals surface area contributed by atoms with E-state index in [9.17, 15) is 26.4 Å². The van der Waals surface area contributed by atoms with E-state index in [0.717, 1.165) is 11.4 Å². The molecule has 0 aromatic carbocycles. The van der Waals surface area contributed by atoms with Crippen LogP contribution in [-0.2, 0) is 10.0 Å². The fraction of sp³-hybridized carbons (Fsp3) is 0.375. The van der Waals surface area contributed by atoms with Gasteiger partial charge in [-0.3, -0.25) is 0 Å². The molecule has 11 heteroatoms. The van der Waals surface area contributed by atoms with Crippen molar-refractivity contribution in [1.29, 1.82) is 0 Å². The molecule has 0 bridgehead atoms. The Bertz CT molecular complexity index is 565. The number of hydrogen-bond acceptors (Lipinski definition) is 5. The highest BCUT2D eigenvalue weighted by molar-refractivity contribution is 7.91. The smallest absolute Gasteiger partial charge is 0.415 e. The van der Waals surface area contributed by atoms with E-state index in [1.807, 2.05) is 0 Å². The topological polar surface area (TPSA) is 104 Å². The number of halogens is 3. The zero-order valence-corrected chi connectivity index (χ0v) is 10.6. The molecule has 1 aromatic heterocycles. The number of thiophene rings is 1. The first-order valence-electron chi connectivity index (χ1n) is 4.60. The Kier molecular flexibility index (Phi) is 4.55. The van der Waals surface area contributed by atoms with E-state index in [4.69, 9.17) is 10.2 Å². The summed E-state index contributed by atoms with van der Waals surface area (Å²) < 4.78 is 60.1. The van der Waals surface area contributed by atoms with Gasteiger partial charge in [0.05, 0.1) is 5.56 Å². The Hall–Kier alpha value is -1.17. The first-order chi connectivity index (χ1) is 8.54. The molecule has 0 saturated carbocycles. The Balaban J connectivity index is 2.79. The number of aliphatic hydroxyl groups excluding tert-OH is 1. The summed E-state index contributed by atoms with van der Waals surface area (Å²) in [5.74, 6) is -1.35. The van der Waals surface area contributed by atoms with Crippen LogP contribution in [0.15, 0.2) is 15.7 Å². The second-order valence-corrected chi connectivity index (χ2v) is 6.27. The van der Waals surface area contributed by atoms with Gasteiger partial charge in [0.15, 0.2) is 6.10 Å². The van der Waals surface area contributed by atoms with Crippen LogP contribution in [0.2, 0.25) is 0 Å². The average Bonchev–Trinajstić information content (AvgIpc) is 2.74. The lowest BCUT2D eigenvalue weighted by atomic mass is 10.4. The molecule has 0 saturated heterocycles. The van der Waals surface area contributed by atoms with Crippen LogP contribution in [0.1, 0.15) is 10.4 Å². The lowest BCUT2D eigenvalue weighted by Gasteiger charge is -2.14. The summed E-state index contributed by atoms with van der Waals surface area (Å²) in [7, 11) is -4.28. The van der Waals surface area contributed by atoms with Gasteiger partial charge in [0.2, 0.25) is 10.0 Å². The van der Waals surface area contributed by atoms with Crippen LogP contribution in [0.4, 0.5) is 13.2 Å². The van der Waals surface area contributed by atoms with Crippen molar-refractivity contribution in [2.24, 2.45) is 0 Å². The van der Waals surface area contributed by atoms with E-state index in [0.29, 0.717) is 11.3 Å². The molecule has 1 unspecified atom stereocenters. The van der Waals surface area contributed by atoms with Crippen LogP contribution in [-0.4, -0.2) is 43.4 Å². The predicted molar refractivity (Wildman–Crippen MR) is 58.5 cm³/mol. The Morgan fingerprint density at radius 2 is 2.05 bits per heavy atom. The third-order valence-corrected chi connectivity index (χ3v) is 4.79. The van der Waals surface area contributed by atoms with E-state index in [2.05, 4.69) is 0 Å². The number of carboxylic acid groups (broad SMARTS) is 1. The molecule has 1 aromatic rings.